The number of fused-ring (bicyclic) bond motifs is 1. The van der Waals surface area contributed by atoms with Crippen molar-refractivity contribution >= 4 is 66.3 Å². The van der Waals surface area contributed by atoms with Crippen LogP contribution in [0.5, 0.6) is 5.75 Å². The number of carboxylic acids is 1. The number of sulfonamides is 1. The van der Waals surface area contributed by atoms with Gasteiger partial charge < -0.3 is 9.84 Å². The summed E-state index contributed by atoms with van der Waals surface area (Å²) in [5.41, 5.74) is 0.376. The molecule has 4 aromatic rings. The molecular formula is C22H15Cl2NO5S2. The Kier molecular flexibility index (Phi) is 6.05. The van der Waals surface area contributed by atoms with Gasteiger partial charge in [0.15, 0.2) is 5.75 Å². The number of ether oxygens (including phenoxy) is 1. The molecule has 1 heterocycles. The van der Waals surface area contributed by atoms with Crippen LogP contribution in [0.15, 0.2) is 65.6 Å². The predicted octanol–water partition coefficient (Wildman–Crippen LogP) is 6.38. The average molecular weight is 508 g/mol. The van der Waals surface area contributed by atoms with Gasteiger partial charge in [-0.25, -0.2) is 13.2 Å². The Morgan fingerprint density at radius 3 is 2.50 bits per heavy atom. The number of carboxylic acid groups (broad SMARTS) is 1. The van der Waals surface area contributed by atoms with Gasteiger partial charge in [0.2, 0.25) is 0 Å². The van der Waals surface area contributed by atoms with Gasteiger partial charge in [-0.1, -0.05) is 47.5 Å². The van der Waals surface area contributed by atoms with Crippen molar-refractivity contribution in [3.63, 3.8) is 0 Å². The van der Waals surface area contributed by atoms with E-state index >= 15 is 0 Å². The number of hydrogen-bond donors (Lipinski definition) is 2. The number of thiophene rings is 1. The van der Waals surface area contributed by atoms with Crippen molar-refractivity contribution in [3.05, 3.63) is 76.3 Å². The second kappa shape index (κ2) is 8.63. The fourth-order valence-corrected chi connectivity index (χ4v) is 6.26. The van der Waals surface area contributed by atoms with Crippen LogP contribution in [-0.4, -0.2) is 26.6 Å². The van der Waals surface area contributed by atoms with Crippen LogP contribution in [-0.2, 0) is 10.0 Å². The van der Waals surface area contributed by atoms with Crippen LogP contribution < -0.4 is 9.46 Å². The summed E-state index contributed by atoms with van der Waals surface area (Å²) in [7, 11) is -3.01. The zero-order chi connectivity index (χ0) is 23.0. The summed E-state index contributed by atoms with van der Waals surface area (Å²) in [5, 5.41) is 10.7. The molecule has 10 heteroatoms. The van der Waals surface area contributed by atoms with Crippen LogP contribution in [0.25, 0.3) is 20.5 Å². The fraction of sp³-hybridized carbons (Fsp3) is 0.0455. The summed E-state index contributed by atoms with van der Waals surface area (Å²) in [5.74, 6) is -1.37. The maximum Gasteiger partial charge on any atom is 0.337 e. The van der Waals surface area contributed by atoms with Gasteiger partial charge in [0, 0.05) is 14.6 Å². The molecule has 3 aromatic carbocycles. The zero-order valence-corrected chi connectivity index (χ0v) is 19.6. The predicted molar refractivity (Wildman–Crippen MR) is 128 cm³/mol. The molecule has 0 spiro atoms. The normalized spacial score (nSPS) is 11.5. The Bertz CT molecular complexity index is 1430. The molecule has 0 fully saturated rings. The van der Waals surface area contributed by atoms with Gasteiger partial charge in [0.05, 0.1) is 23.4 Å². The molecule has 4 rings (SSSR count). The number of rotatable bonds is 6. The van der Waals surface area contributed by atoms with E-state index in [4.69, 9.17) is 27.9 Å². The summed E-state index contributed by atoms with van der Waals surface area (Å²) >= 11 is 13.6. The molecule has 0 aliphatic heterocycles. The minimum absolute atomic E-state index is 0.0119. The number of halogens is 2. The maximum absolute atomic E-state index is 13.2. The Morgan fingerprint density at radius 2 is 1.81 bits per heavy atom. The van der Waals surface area contributed by atoms with E-state index in [1.54, 1.807) is 6.07 Å². The van der Waals surface area contributed by atoms with Gasteiger partial charge in [-0.15, -0.1) is 11.3 Å². The standard InChI is InChI=1S/C22H15Cl2NO5S2/c1-30-21-16(24)10-14(23)11-20(21)32(28,29)25-17-8-13(6-7-15(17)22(26)27)19-9-12-4-2-3-5-18(12)31-19/h2-11,25H,1H3,(H,26,27). The van der Waals surface area contributed by atoms with Gasteiger partial charge in [-0.3, -0.25) is 4.72 Å². The molecular weight excluding hydrogens is 493 g/mol. The lowest BCUT2D eigenvalue weighted by molar-refractivity contribution is 0.0698. The molecule has 0 saturated carbocycles. The third-order valence-electron chi connectivity index (χ3n) is 4.67. The number of methoxy groups -OCH3 is 1. The lowest BCUT2D eigenvalue weighted by Gasteiger charge is -2.15. The molecule has 2 N–H and O–H groups in total. The summed E-state index contributed by atoms with van der Waals surface area (Å²) in [6, 6.07) is 16.8. The van der Waals surface area contributed by atoms with Gasteiger partial charge in [0.1, 0.15) is 4.90 Å². The SMILES string of the molecule is COc1c(Cl)cc(Cl)cc1S(=O)(=O)Nc1cc(-c2cc3ccccc3s2)ccc1C(=O)O. The van der Waals surface area contributed by atoms with E-state index in [1.165, 1.54) is 42.7 Å². The van der Waals surface area contributed by atoms with E-state index < -0.39 is 16.0 Å². The van der Waals surface area contributed by atoms with Gasteiger partial charge in [-0.05, 0) is 47.3 Å². The van der Waals surface area contributed by atoms with Crippen molar-refractivity contribution in [1.82, 2.24) is 0 Å². The van der Waals surface area contributed by atoms with Crippen molar-refractivity contribution in [1.29, 1.82) is 0 Å². The smallest absolute Gasteiger partial charge is 0.337 e. The Labute approximate surface area is 198 Å². The molecule has 0 amide bonds. The fourth-order valence-electron chi connectivity index (χ4n) is 3.23. The molecule has 0 aliphatic rings. The van der Waals surface area contributed by atoms with Crippen LogP contribution >= 0.6 is 34.5 Å². The van der Waals surface area contributed by atoms with Crippen LogP contribution in [0.3, 0.4) is 0 Å². The summed E-state index contributed by atoms with van der Waals surface area (Å²) < 4.78 is 34.9. The molecule has 1 aromatic heterocycles. The maximum atomic E-state index is 13.2. The van der Waals surface area contributed by atoms with Gasteiger partial charge >= 0.3 is 5.97 Å². The molecule has 0 saturated heterocycles. The zero-order valence-electron chi connectivity index (χ0n) is 16.4. The molecule has 0 aliphatic carbocycles. The summed E-state index contributed by atoms with van der Waals surface area (Å²) in [4.78, 5) is 12.3. The third kappa shape index (κ3) is 4.27. The van der Waals surface area contributed by atoms with Crippen LogP contribution in [0.1, 0.15) is 10.4 Å². The minimum atomic E-state index is -4.28. The van der Waals surface area contributed by atoms with Crippen LogP contribution in [0, 0.1) is 0 Å². The first-order valence-electron chi connectivity index (χ1n) is 9.12. The van der Waals surface area contributed by atoms with E-state index in [0.29, 0.717) is 5.56 Å². The number of anilines is 1. The molecule has 0 atom stereocenters. The molecule has 164 valence electrons. The first-order chi connectivity index (χ1) is 15.2. The van der Waals surface area contributed by atoms with Gasteiger partial charge in [-0.2, -0.15) is 0 Å². The van der Waals surface area contributed by atoms with E-state index in [1.807, 2.05) is 30.3 Å². The Morgan fingerprint density at radius 1 is 1.06 bits per heavy atom. The second-order valence-electron chi connectivity index (χ2n) is 6.74. The third-order valence-corrected chi connectivity index (χ3v) is 7.71. The first-order valence-corrected chi connectivity index (χ1v) is 12.2. The lowest BCUT2D eigenvalue weighted by atomic mass is 10.1. The molecule has 0 bridgehead atoms. The number of aromatic carboxylic acids is 1. The topological polar surface area (TPSA) is 92.7 Å². The first kappa shape index (κ1) is 22.4. The largest absolute Gasteiger partial charge is 0.494 e. The highest BCUT2D eigenvalue weighted by Gasteiger charge is 2.25. The lowest BCUT2D eigenvalue weighted by Crippen LogP contribution is -2.16. The van der Waals surface area contributed by atoms with Crippen molar-refractivity contribution in [3.8, 4) is 16.2 Å². The minimum Gasteiger partial charge on any atom is -0.494 e. The Hall–Kier alpha value is -2.78. The average Bonchev–Trinajstić information content (AvgIpc) is 3.17. The highest BCUT2D eigenvalue weighted by Crippen LogP contribution is 2.38. The summed E-state index contributed by atoms with van der Waals surface area (Å²) in [6.45, 7) is 0. The second-order valence-corrected chi connectivity index (χ2v) is 10.3. The van der Waals surface area contributed by atoms with Crippen LogP contribution in [0.4, 0.5) is 5.69 Å². The summed E-state index contributed by atoms with van der Waals surface area (Å²) in [6.07, 6.45) is 0. The Balaban J connectivity index is 1.82. The molecule has 32 heavy (non-hydrogen) atoms. The molecule has 6 nitrogen and oxygen atoms in total. The number of nitrogens with one attached hydrogen (secondary N) is 1. The van der Waals surface area contributed by atoms with E-state index in [0.717, 1.165) is 15.0 Å². The van der Waals surface area contributed by atoms with Gasteiger partial charge in [0.25, 0.3) is 10.0 Å². The molecule has 0 radical (unpaired) electrons. The van der Waals surface area contributed by atoms with Crippen molar-refractivity contribution in [2.24, 2.45) is 0 Å². The van der Waals surface area contributed by atoms with Crippen molar-refractivity contribution < 1.29 is 23.1 Å². The van der Waals surface area contributed by atoms with E-state index in [-0.39, 0.29) is 31.9 Å². The molecule has 0 unspecified atom stereocenters. The van der Waals surface area contributed by atoms with Crippen molar-refractivity contribution in [2.75, 3.05) is 11.8 Å². The number of carbonyl (C=O) groups is 1. The quantitative estimate of drug-likeness (QED) is 0.315. The number of hydrogen-bond acceptors (Lipinski definition) is 5. The highest BCUT2D eigenvalue weighted by atomic mass is 35.5. The van der Waals surface area contributed by atoms with E-state index in [9.17, 15) is 18.3 Å². The van der Waals surface area contributed by atoms with Crippen molar-refractivity contribution in [2.45, 2.75) is 4.90 Å². The van der Waals surface area contributed by atoms with E-state index in [2.05, 4.69) is 4.72 Å². The number of benzene rings is 3. The monoisotopic (exact) mass is 507 g/mol. The van der Waals surface area contributed by atoms with Crippen LogP contribution in [0.2, 0.25) is 10.0 Å². The highest BCUT2D eigenvalue weighted by molar-refractivity contribution is 7.92.